The number of hydrogen-bond acceptors (Lipinski definition) is 12. The van der Waals surface area contributed by atoms with Crippen molar-refractivity contribution < 1.29 is 43.9 Å². The maximum absolute atomic E-state index is 14.0. The molecule has 3 aromatic rings. The Morgan fingerprint density at radius 3 is 1.82 bits per heavy atom. The monoisotopic (exact) mass is 726 g/mol. The van der Waals surface area contributed by atoms with Crippen molar-refractivity contribution in [3.05, 3.63) is 107 Å². The Bertz CT molecular complexity index is 2030. The predicted octanol–water partition coefficient (Wildman–Crippen LogP) is 4.62. The first-order valence-electron chi connectivity index (χ1n) is 15.9. The molecule has 3 aromatic carbocycles. The van der Waals surface area contributed by atoms with Crippen LogP contribution < -0.4 is 15.5 Å². The summed E-state index contributed by atoms with van der Waals surface area (Å²) in [4.78, 5) is 31.8. The molecular formula is C34H38N4O10S2. The van der Waals surface area contributed by atoms with Crippen LogP contribution in [0.1, 0.15) is 52.1 Å². The Morgan fingerprint density at radius 2 is 1.32 bits per heavy atom. The lowest BCUT2D eigenvalue weighted by Crippen LogP contribution is -2.37. The zero-order valence-electron chi connectivity index (χ0n) is 27.4. The SMILES string of the molecule is CCN(CCOS(=O)(=O)O)c1ccc(Nc2ccc(NC3=CCC(N(CC)CCOS(=O)(=O)O)C=C3)c3c2C(=O)c2ccccc2C3=O)cc1. The molecule has 266 valence electrons. The van der Waals surface area contributed by atoms with Crippen molar-refractivity contribution in [3.8, 4) is 0 Å². The minimum absolute atomic E-state index is 0.0491. The molecule has 0 heterocycles. The quantitative estimate of drug-likeness (QED) is 0.117. The molecule has 0 amide bonds. The van der Waals surface area contributed by atoms with E-state index in [1.165, 1.54) is 0 Å². The average Bonchev–Trinajstić information content (AvgIpc) is 3.08. The second-order valence-corrected chi connectivity index (χ2v) is 13.6. The van der Waals surface area contributed by atoms with E-state index in [1.54, 1.807) is 48.5 Å². The van der Waals surface area contributed by atoms with Crippen LogP contribution in [0.25, 0.3) is 0 Å². The first-order chi connectivity index (χ1) is 23.8. The molecule has 0 bridgehead atoms. The zero-order chi connectivity index (χ0) is 36.1. The maximum atomic E-state index is 14.0. The number of nitrogens with zero attached hydrogens (tertiary/aromatic N) is 2. The van der Waals surface area contributed by atoms with E-state index in [0.29, 0.717) is 53.4 Å². The van der Waals surface area contributed by atoms with E-state index in [2.05, 4.69) is 19.0 Å². The van der Waals surface area contributed by atoms with Crippen molar-refractivity contribution in [2.75, 3.05) is 54.9 Å². The number of likely N-dealkylation sites (N-methyl/N-ethyl adjacent to an activating group) is 2. The van der Waals surface area contributed by atoms with Gasteiger partial charge in [0.1, 0.15) is 0 Å². The van der Waals surface area contributed by atoms with Crippen molar-refractivity contribution in [1.82, 2.24) is 4.90 Å². The van der Waals surface area contributed by atoms with Crippen molar-refractivity contribution in [3.63, 3.8) is 0 Å². The van der Waals surface area contributed by atoms with Crippen LogP contribution in [0, 0.1) is 0 Å². The summed E-state index contributed by atoms with van der Waals surface area (Å²) in [5.74, 6) is -0.593. The van der Waals surface area contributed by atoms with Gasteiger partial charge in [-0.2, -0.15) is 16.8 Å². The van der Waals surface area contributed by atoms with Gasteiger partial charge in [0, 0.05) is 53.9 Å². The van der Waals surface area contributed by atoms with Gasteiger partial charge in [-0.3, -0.25) is 23.6 Å². The van der Waals surface area contributed by atoms with E-state index < -0.39 is 20.8 Å². The van der Waals surface area contributed by atoms with Crippen LogP contribution in [0.5, 0.6) is 0 Å². The third kappa shape index (κ3) is 9.02. The molecule has 14 nitrogen and oxygen atoms in total. The van der Waals surface area contributed by atoms with Crippen LogP contribution in [0.3, 0.4) is 0 Å². The van der Waals surface area contributed by atoms with Crippen molar-refractivity contribution >= 4 is 55.1 Å². The van der Waals surface area contributed by atoms with Gasteiger partial charge in [0.15, 0.2) is 11.6 Å². The summed E-state index contributed by atoms with van der Waals surface area (Å²) in [5, 5.41) is 6.61. The fraction of sp³-hybridized carbons (Fsp3) is 0.294. The molecule has 1 unspecified atom stereocenters. The molecule has 0 saturated heterocycles. The topological polar surface area (TPSA) is 192 Å². The highest BCUT2D eigenvalue weighted by Gasteiger charge is 2.34. The fourth-order valence-corrected chi connectivity index (χ4v) is 6.58. The normalized spacial score (nSPS) is 15.8. The van der Waals surface area contributed by atoms with Crippen LogP contribution in [0.15, 0.2) is 84.6 Å². The van der Waals surface area contributed by atoms with E-state index in [9.17, 15) is 26.4 Å². The Balaban J connectivity index is 1.37. The first-order valence-corrected chi connectivity index (χ1v) is 18.6. The van der Waals surface area contributed by atoms with Crippen molar-refractivity contribution in [2.24, 2.45) is 0 Å². The predicted molar refractivity (Wildman–Crippen MR) is 189 cm³/mol. The Hall–Kier alpha value is -4.42. The van der Waals surface area contributed by atoms with Gasteiger partial charge in [-0.25, -0.2) is 8.37 Å². The van der Waals surface area contributed by atoms with Crippen LogP contribution in [0.4, 0.5) is 22.7 Å². The number of rotatable bonds is 16. The second-order valence-electron chi connectivity index (χ2n) is 11.4. The number of benzene rings is 3. The Labute approximate surface area is 291 Å². The highest BCUT2D eigenvalue weighted by molar-refractivity contribution is 7.81. The van der Waals surface area contributed by atoms with E-state index in [1.807, 2.05) is 54.0 Å². The lowest BCUT2D eigenvalue weighted by Gasteiger charge is -2.30. The number of fused-ring (bicyclic) bond motifs is 2. The molecule has 1 atom stereocenters. The van der Waals surface area contributed by atoms with Crippen molar-refractivity contribution in [1.29, 1.82) is 0 Å². The van der Waals surface area contributed by atoms with Gasteiger partial charge in [0.2, 0.25) is 0 Å². The minimum atomic E-state index is -4.54. The highest BCUT2D eigenvalue weighted by atomic mass is 32.3. The summed E-state index contributed by atoms with van der Waals surface area (Å²) in [6.07, 6.45) is 6.34. The third-order valence-electron chi connectivity index (χ3n) is 8.40. The number of ketones is 2. The molecule has 2 aliphatic rings. The average molecular weight is 727 g/mol. The fourth-order valence-electron chi connectivity index (χ4n) is 6.01. The number of hydrogen-bond donors (Lipinski definition) is 4. The zero-order valence-corrected chi connectivity index (χ0v) is 29.0. The van der Waals surface area contributed by atoms with Gasteiger partial charge in [-0.05, 0) is 62.4 Å². The molecule has 0 spiro atoms. The number of carbonyl (C=O) groups excluding carboxylic acids is 2. The molecular weight excluding hydrogens is 689 g/mol. The van der Waals surface area contributed by atoms with Gasteiger partial charge >= 0.3 is 20.8 Å². The number of nitrogens with one attached hydrogen (secondary N) is 2. The lowest BCUT2D eigenvalue weighted by molar-refractivity contribution is 0.0980. The van der Waals surface area contributed by atoms with Gasteiger partial charge in [-0.15, -0.1) is 0 Å². The molecule has 0 fully saturated rings. The lowest BCUT2D eigenvalue weighted by atomic mass is 9.82. The summed E-state index contributed by atoms with van der Waals surface area (Å²) in [7, 11) is -9.06. The largest absolute Gasteiger partial charge is 0.397 e. The number of anilines is 4. The molecule has 0 saturated carbocycles. The van der Waals surface area contributed by atoms with Gasteiger partial charge in [0.25, 0.3) is 0 Å². The molecule has 16 heteroatoms. The van der Waals surface area contributed by atoms with Crippen LogP contribution in [0.2, 0.25) is 0 Å². The Kier molecular flexibility index (Phi) is 11.5. The molecule has 2 aliphatic carbocycles. The van der Waals surface area contributed by atoms with Crippen LogP contribution >= 0.6 is 0 Å². The van der Waals surface area contributed by atoms with Crippen LogP contribution in [-0.2, 0) is 29.2 Å². The van der Waals surface area contributed by atoms with E-state index in [4.69, 9.17) is 9.11 Å². The smallest absolute Gasteiger partial charge is 0.369 e. The third-order valence-corrected chi connectivity index (χ3v) is 9.33. The van der Waals surface area contributed by atoms with Gasteiger partial charge in [0.05, 0.1) is 35.7 Å². The maximum Gasteiger partial charge on any atom is 0.397 e. The number of allylic oxidation sites excluding steroid dienone is 1. The van der Waals surface area contributed by atoms with Gasteiger partial charge in [-0.1, -0.05) is 43.3 Å². The molecule has 5 rings (SSSR count). The first kappa shape index (κ1) is 36.9. The summed E-state index contributed by atoms with van der Waals surface area (Å²) in [5.41, 5.74) is 4.13. The summed E-state index contributed by atoms with van der Waals surface area (Å²) < 4.78 is 70.3. The van der Waals surface area contributed by atoms with E-state index in [-0.39, 0.29) is 55.0 Å². The summed E-state index contributed by atoms with van der Waals surface area (Å²) >= 11 is 0. The molecule has 0 aliphatic heterocycles. The van der Waals surface area contributed by atoms with Crippen molar-refractivity contribution in [2.45, 2.75) is 26.3 Å². The standard InChI is InChI=1S/C34H38N4O10S2/c1-3-37(19-21-47-49(41,42)43)25-13-9-23(10-14-25)35-29-17-18-30(32-31(29)33(39)27-7-5-6-8-28(27)34(32)40)36-24-11-15-26(16-12-24)38(4-2)20-22-48-50(44,45)46/h5-15,17-18,26,35-36H,3-4,16,19-22H2,1-2H3,(H,41,42,43)(H,44,45,46). The molecule has 0 aromatic heterocycles. The molecule has 4 N–H and O–H groups in total. The van der Waals surface area contributed by atoms with E-state index >= 15 is 0 Å². The van der Waals surface area contributed by atoms with Gasteiger partial charge < -0.3 is 15.5 Å². The molecule has 0 radical (unpaired) electrons. The Morgan fingerprint density at radius 1 is 0.760 bits per heavy atom. The van der Waals surface area contributed by atoms with Crippen LogP contribution in [-0.4, -0.2) is 87.8 Å². The highest BCUT2D eigenvalue weighted by Crippen LogP contribution is 2.38. The molecule has 50 heavy (non-hydrogen) atoms. The van der Waals surface area contributed by atoms with E-state index in [0.717, 1.165) is 5.69 Å². The number of carbonyl (C=O) groups is 2. The summed E-state index contributed by atoms with van der Waals surface area (Å²) in [6, 6.07) is 17.4. The minimum Gasteiger partial charge on any atom is -0.369 e. The second kappa shape index (κ2) is 15.6. The summed E-state index contributed by atoms with van der Waals surface area (Å²) in [6.45, 7) is 5.08.